The Morgan fingerprint density at radius 1 is 1.18 bits per heavy atom. The molecule has 0 unspecified atom stereocenters. The summed E-state index contributed by atoms with van der Waals surface area (Å²) in [4.78, 5) is 0. The molecule has 0 radical (unpaired) electrons. The summed E-state index contributed by atoms with van der Waals surface area (Å²) in [6.45, 7) is 5.92. The van der Waals surface area contributed by atoms with E-state index < -0.39 is 0 Å². The van der Waals surface area contributed by atoms with Gasteiger partial charge in [0.05, 0.1) is 18.9 Å². The van der Waals surface area contributed by atoms with Crippen molar-refractivity contribution in [3.05, 3.63) is 34.0 Å². The average molecular weight is 252 g/mol. The predicted molar refractivity (Wildman–Crippen MR) is 67.7 cm³/mol. The summed E-state index contributed by atoms with van der Waals surface area (Å²) in [7, 11) is 1.65. The van der Waals surface area contributed by atoms with Crippen molar-refractivity contribution in [3.63, 3.8) is 0 Å². The number of methoxy groups -OCH3 is 1. The summed E-state index contributed by atoms with van der Waals surface area (Å²) in [5.41, 5.74) is 3.88. The van der Waals surface area contributed by atoms with Crippen LogP contribution in [0.1, 0.15) is 16.7 Å². The predicted octanol–water partition coefficient (Wildman–Crippen LogP) is 3.93. The van der Waals surface area contributed by atoms with Gasteiger partial charge in [0.1, 0.15) is 5.75 Å². The second-order valence-electron chi connectivity index (χ2n) is 3.97. The first-order valence-corrected chi connectivity index (χ1v) is 5.70. The lowest BCUT2D eigenvalue weighted by Gasteiger charge is -2.16. The lowest BCUT2D eigenvalue weighted by Crippen LogP contribution is -1.98. The zero-order valence-corrected chi connectivity index (χ0v) is 11.1. The zero-order valence-electron chi connectivity index (χ0n) is 10.3. The quantitative estimate of drug-likeness (QED) is 0.811. The summed E-state index contributed by atoms with van der Waals surface area (Å²) >= 11 is 6.32. The summed E-state index contributed by atoms with van der Waals surface area (Å²) in [6.07, 6.45) is 1.61. The fourth-order valence-corrected chi connectivity index (χ4v) is 2.22. The zero-order chi connectivity index (χ0) is 12.6. The van der Waals surface area contributed by atoms with Crippen LogP contribution in [0.15, 0.2) is 16.8 Å². The first-order valence-electron chi connectivity index (χ1n) is 5.32. The largest absolute Gasteiger partial charge is 0.496 e. The molecule has 0 fully saturated rings. The van der Waals surface area contributed by atoms with Gasteiger partial charge >= 0.3 is 0 Å². The Bertz CT molecular complexity index is 547. The molecule has 0 aliphatic heterocycles. The molecule has 4 heteroatoms. The van der Waals surface area contributed by atoms with Gasteiger partial charge in [-0.25, -0.2) is 0 Å². The van der Waals surface area contributed by atoms with Gasteiger partial charge in [-0.05, 0) is 37.5 Å². The van der Waals surface area contributed by atoms with Gasteiger partial charge in [0.15, 0.2) is 5.76 Å². The third kappa shape index (κ3) is 1.80. The molecule has 0 bridgehead atoms. The SMILES string of the molecule is COc1c(C)c(C)c(Cl)c(C)c1-c1ccno1. The van der Waals surface area contributed by atoms with Crippen LogP contribution in [0, 0.1) is 20.8 Å². The number of benzene rings is 1. The van der Waals surface area contributed by atoms with Crippen molar-refractivity contribution in [3.8, 4) is 17.1 Å². The molecule has 0 N–H and O–H groups in total. The summed E-state index contributed by atoms with van der Waals surface area (Å²) in [5.74, 6) is 1.46. The van der Waals surface area contributed by atoms with Gasteiger partial charge in [0.25, 0.3) is 0 Å². The maximum absolute atomic E-state index is 6.32. The molecule has 0 amide bonds. The van der Waals surface area contributed by atoms with E-state index in [4.69, 9.17) is 20.9 Å². The smallest absolute Gasteiger partial charge is 0.170 e. The Morgan fingerprint density at radius 2 is 1.88 bits per heavy atom. The molecule has 1 aromatic heterocycles. The van der Waals surface area contributed by atoms with Gasteiger partial charge < -0.3 is 9.26 Å². The highest BCUT2D eigenvalue weighted by Gasteiger charge is 2.20. The van der Waals surface area contributed by atoms with Crippen molar-refractivity contribution in [2.75, 3.05) is 7.11 Å². The van der Waals surface area contributed by atoms with Crippen LogP contribution in [0.4, 0.5) is 0 Å². The topological polar surface area (TPSA) is 35.3 Å². The van der Waals surface area contributed by atoms with Crippen molar-refractivity contribution in [1.29, 1.82) is 0 Å². The highest BCUT2D eigenvalue weighted by atomic mass is 35.5. The normalized spacial score (nSPS) is 10.6. The van der Waals surface area contributed by atoms with Gasteiger partial charge in [-0.15, -0.1) is 0 Å². The molecule has 2 rings (SSSR count). The Morgan fingerprint density at radius 3 is 2.41 bits per heavy atom. The van der Waals surface area contributed by atoms with Crippen molar-refractivity contribution < 1.29 is 9.26 Å². The van der Waals surface area contributed by atoms with Gasteiger partial charge in [0.2, 0.25) is 0 Å². The van der Waals surface area contributed by atoms with Crippen LogP contribution in [0.5, 0.6) is 5.75 Å². The minimum Gasteiger partial charge on any atom is -0.496 e. The van der Waals surface area contributed by atoms with Gasteiger partial charge in [0, 0.05) is 11.1 Å². The number of nitrogens with zero attached hydrogens (tertiary/aromatic N) is 1. The Balaban J connectivity index is 2.82. The first-order chi connectivity index (χ1) is 8.07. The van der Waals surface area contributed by atoms with Crippen molar-refractivity contribution in [1.82, 2.24) is 5.16 Å². The molecule has 0 atom stereocenters. The molecular formula is C13H14ClNO2. The van der Waals surface area contributed by atoms with Crippen LogP contribution < -0.4 is 4.74 Å². The molecule has 0 aliphatic carbocycles. The van der Waals surface area contributed by atoms with Crippen molar-refractivity contribution in [2.45, 2.75) is 20.8 Å². The fourth-order valence-electron chi connectivity index (χ4n) is 1.98. The molecule has 0 saturated carbocycles. The minimum atomic E-state index is 0.671. The molecule has 1 aromatic carbocycles. The van der Waals surface area contributed by atoms with Crippen LogP contribution >= 0.6 is 11.6 Å². The number of hydrogen-bond donors (Lipinski definition) is 0. The van der Waals surface area contributed by atoms with Gasteiger partial charge in [-0.1, -0.05) is 16.8 Å². The molecule has 1 heterocycles. The van der Waals surface area contributed by atoms with E-state index in [1.165, 1.54) is 0 Å². The third-order valence-corrected chi connectivity index (χ3v) is 3.62. The molecule has 17 heavy (non-hydrogen) atoms. The molecule has 3 nitrogen and oxygen atoms in total. The standard InChI is InChI=1S/C13H14ClNO2/c1-7-8(2)13(16-4)11(9(3)12(7)14)10-5-6-15-17-10/h5-6H,1-4H3. The highest BCUT2D eigenvalue weighted by molar-refractivity contribution is 6.32. The van der Waals surface area contributed by atoms with Crippen LogP contribution in [0.2, 0.25) is 5.02 Å². The number of rotatable bonds is 2. The van der Waals surface area contributed by atoms with Gasteiger partial charge in [-0.3, -0.25) is 0 Å². The van der Waals surface area contributed by atoms with E-state index >= 15 is 0 Å². The van der Waals surface area contributed by atoms with Crippen molar-refractivity contribution in [2.24, 2.45) is 0 Å². The second-order valence-corrected chi connectivity index (χ2v) is 4.35. The maximum atomic E-state index is 6.32. The Kier molecular flexibility index (Phi) is 3.11. The first kappa shape index (κ1) is 12.0. The van der Waals surface area contributed by atoms with E-state index in [0.29, 0.717) is 5.76 Å². The summed E-state index contributed by atoms with van der Waals surface area (Å²) < 4.78 is 10.7. The lowest BCUT2D eigenvalue weighted by atomic mass is 9.97. The summed E-state index contributed by atoms with van der Waals surface area (Å²) in [6, 6.07) is 1.80. The van der Waals surface area contributed by atoms with Crippen molar-refractivity contribution >= 4 is 11.6 Å². The number of ether oxygens (including phenoxy) is 1. The minimum absolute atomic E-state index is 0.671. The van der Waals surface area contributed by atoms with E-state index in [1.807, 2.05) is 20.8 Å². The molecule has 90 valence electrons. The van der Waals surface area contributed by atoms with E-state index in [2.05, 4.69) is 5.16 Å². The number of aromatic nitrogens is 1. The lowest BCUT2D eigenvalue weighted by molar-refractivity contribution is 0.403. The Labute approximate surface area is 105 Å². The molecule has 0 saturated heterocycles. The van der Waals surface area contributed by atoms with Crippen LogP contribution in [-0.4, -0.2) is 12.3 Å². The summed E-state index contributed by atoms with van der Waals surface area (Å²) in [5, 5.41) is 4.47. The van der Waals surface area contributed by atoms with E-state index in [0.717, 1.165) is 33.0 Å². The number of halogens is 1. The number of hydrogen-bond acceptors (Lipinski definition) is 3. The van der Waals surface area contributed by atoms with E-state index in [9.17, 15) is 0 Å². The van der Waals surface area contributed by atoms with Crippen LogP contribution in [-0.2, 0) is 0 Å². The molecule has 2 aromatic rings. The van der Waals surface area contributed by atoms with Gasteiger partial charge in [-0.2, -0.15) is 0 Å². The van der Waals surface area contributed by atoms with Crippen LogP contribution in [0.25, 0.3) is 11.3 Å². The third-order valence-electron chi connectivity index (χ3n) is 3.05. The molecule has 0 aliphatic rings. The highest BCUT2D eigenvalue weighted by Crippen LogP contribution is 2.41. The monoisotopic (exact) mass is 251 g/mol. The fraction of sp³-hybridized carbons (Fsp3) is 0.308. The average Bonchev–Trinajstić information content (AvgIpc) is 2.84. The van der Waals surface area contributed by atoms with E-state index in [1.54, 1.807) is 19.4 Å². The molecule has 0 spiro atoms. The van der Waals surface area contributed by atoms with Crippen LogP contribution in [0.3, 0.4) is 0 Å². The van der Waals surface area contributed by atoms with E-state index in [-0.39, 0.29) is 0 Å². The second kappa shape index (κ2) is 4.41. The Hall–Kier alpha value is -1.48. The molecular weight excluding hydrogens is 238 g/mol. The maximum Gasteiger partial charge on any atom is 0.170 e.